The molecule has 0 aliphatic heterocycles. The van der Waals surface area contributed by atoms with Gasteiger partial charge in [-0.2, -0.15) is 0 Å². The van der Waals surface area contributed by atoms with E-state index in [9.17, 15) is 13.2 Å². The third-order valence-electron chi connectivity index (χ3n) is 3.19. The Morgan fingerprint density at radius 3 is 2.10 bits per heavy atom. The zero-order chi connectivity index (χ0) is 15.7. The molecule has 0 saturated carbocycles. The van der Waals surface area contributed by atoms with Gasteiger partial charge in [0.15, 0.2) is 23.3 Å². The maximum atomic E-state index is 13.3. The molecule has 6 heteroatoms. The normalized spacial score (nSPS) is 11.0. The van der Waals surface area contributed by atoms with Crippen molar-refractivity contribution < 1.29 is 13.2 Å². The largest absolute Gasteiger partial charge is 0.373 e. The number of aromatic nitrogens is 2. The second kappa shape index (κ2) is 5.71. The number of aryl methyl sites for hydroxylation is 1. The van der Waals surface area contributed by atoms with E-state index in [4.69, 9.17) is 0 Å². The Kier molecular flexibility index (Phi) is 4.16. The first-order valence-electron chi connectivity index (χ1n) is 6.56. The molecule has 0 bridgehead atoms. The van der Waals surface area contributed by atoms with Crippen molar-refractivity contribution >= 4 is 5.82 Å². The van der Waals surface area contributed by atoms with E-state index in [-0.39, 0.29) is 17.3 Å². The first kappa shape index (κ1) is 15.3. The maximum Gasteiger partial charge on any atom is 0.194 e. The van der Waals surface area contributed by atoms with E-state index in [0.29, 0.717) is 11.5 Å². The minimum Gasteiger partial charge on any atom is -0.373 e. The predicted molar refractivity (Wildman–Crippen MR) is 75.7 cm³/mol. The average Bonchev–Trinajstić information content (AvgIpc) is 2.42. The van der Waals surface area contributed by atoms with E-state index < -0.39 is 17.5 Å². The summed E-state index contributed by atoms with van der Waals surface area (Å²) < 4.78 is 39.7. The van der Waals surface area contributed by atoms with Crippen LogP contribution in [0.25, 0.3) is 11.4 Å². The van der Waals surface area contributed by atoms with Gasteiger partial charge in [0.1, 0.15) is 5.82 Å². The number of hydrogen-bond acceptors (Lipinski definition) is 3. The van der Waals surface area contributed by atoms with Gasteiger partial charge in [-0.3, -0.25) is 0 Å². The lowest BCUT2D eigenvalue weighted by atomic mass is 10.0. The van der Waals surface area contributed by atoms with Crippen LogP contribution in [0, 0.1) is 24.4 Å². The maximum absolute atomic E-state index is 13.3. The van der Waals surface area contributed by atoms with Crippen molar-refractivity contribution in [1.29, 1.82) is 0 Å². The highest BCUT2D eigenvalue weighted by atomic mass is 19.2. The van der Waals surface area contributed by atoms with Crippen molar-refractivity contribution in [1.82, 2.24) is 9.97 Å². The molecule has 2 rings (SSSR count). The van der Waals surface area contributed by atoms with Gasteiger partial charge >= 0.3 is 0 Å². The number of rotatable bonds is 3. The molecule has 0 unspecified atom stereocenters. The second-order valence-corrected chi connectivity index (χ2v) is 5.05. The topological polar surface area (TPSA) is 37.8 Å². The monoisotopic (exact) mass is 295 g/mol. The van der Waals surface area contributed by atoms with Crippen molar-refractivity contribution in [2.45, 2.75) is 26.7 Å². The molecule has 0 atom stereocenters. The molecule has 0 amide bonds. The van der Waals surface area contributed by atoms with Crippen LogP contribution in [0.3, 0.4) is 0 Å². The standard InChI is InChI=1S/C15H16F3N3/c1-7(2)12-8(3)20-14(21-15(12)19-4)9-5-10(16)13(18)11(17)6-9/h5-7H,1-4H3,(H,19,20,21). The van der Waals surface area contributed by atoms with Crippen molar-refractivity contribution in [2.75, 3.05) is 12.4 Å². The molecule has 0 aliphatic rings. The number of nitrogens with zero attached hydrogens (tertiary/aromatic N) is 2. The van der Waals surface area contributed by atoms with Crippen molar-refractivity contribution in [3.63, 3.8) is 0 Å². The minimum absolute atomic E-state index is 0.0984. The predicted octanol–water partition coefficient (Wildman–Crippen LogP) is 4.03. The molecule has 0 radical (unpaired) electrons. The Morgan fingerprint density at radius 2 is 1.62 bits per heavy atom. The Bertz CT molecular complexity index is 661. The number of anilines is 1. The molecule has 3 nitrogen and oxygen atoms in total. The fourth-order valence-electron chi connectivity index (χ4n) is 2.28. The lowest BCUT2D eigenvalue weighted by Gasteiger charge is -2.15. The molecule has 21 heavy (non-hydrogen) atoms. The quantitative estimate of drug-likeness (QED) is 0.869. The van der Waals surface area contributed by atoms with Crippen molar-refractivity contribution in [3.8, 4) is 11.4 Å². The lowest BCUT2D eigenvalue weighted by molar-refractivity contribution is 0.447. The highest BCUT2D eigenvalue weighted by molar-refractivity contribution is 5.60. The van der Waals surface area contributed by atoms with E-state index in [1.165, 1.54) is 0 Å². The third kappa shape index (κ3) is 2.84. The Morgan fingerprint density at radius 1 is 1.05 bits per heavy atom. The van der Waals surface area contributed by atoms with E-state index in [1.54, 1.807) is 14.0 Å². The van der Waals surface area contributed by atoms with Gasteiger partial charge in [0.2, 0.25) is 0 Å². The number of nitrogens with one attached hydrogen (secondary N) is 1. The molecule has 112 valence electrons. The summed E-state index contributed by atoms with van der Waals surface area (Å²) in [5.41, 5.74) is 1.75. The van der Waals surface area contributed by atoms with Gasteiger partial charge in [-0.15, -0.1) is 0 Å². The van der Waals surface area contributed by atoms with Gasteiger partial charge in [0, 0.05) is 23.9 Å². The lowest BCUT2D eigenvalue weighted by Crippen LogP contribution is -2.07. The van der Waals surface area contributed by atoms with Gasteiger partial charge in [-0.25, -0.2) is 23.1 Å². The second-order valence-electron chi connectivity index (χ2n) is 5.05. The summed E-state index contributed by atoms with van der Waals surface area (Å²) in [6.45, 7) is 5.81. The Labute approximate surface area is 121 Å². The highest BCUT2D eigenvalue weighted by Crippen LogP contribution is 2.28. The molecule has 1 aromatic carbocycles. The average molecular weight is 295 g/mol. The summed E-state index contributed by atoms with van der Waals surface area (Å²) in [5, 5.41) is 2.96. The SMILES string of the molecule is CNc1nc(-c2cc(F)c(F)c(F)c2)nc(C)c1C(C)C. The molecule has 0 aliphatic carbocycles. The summed E-state index contributed by atoms with van der Waals surface area (Å²) in [6.07, 6.45) is 0. The summed E-state index contributed by atoms with van der Waals surface area (Å²) in [4.78, 5) is 8.56. The van der Waals surface area contributed by atoms with Crippen molar-refractivity contribution in [3.05, 3.63) is 40.8 Å². The molecule has 0 fully saturated rings. The molecule has 0 spiro atoms. The van der Waals surface area contributed by atoms with Crippen LogP contribution in [0.2, 0.25) is 0 Å². The van der Waals surface area contributed by atoms with Crippen LogP contribution in [0.5, 0.6) is 0 Å². The van der Waals surface area contributed by atoms with Gasteiger partial charge in [0.25, 0.3) is 0 Å². The molecule has 1 heterocycles. The van der Waals surface area contributed by atoms with Crippen LogP contribution in [-0.4, -0.2) is 17.0 Å². The molecule has 1 aromatic heterocycles. The summed E-state index contributed by atoms with van der Waals surface area (Å²) >= 11 is 0. The molecular weight excluding hydrogens is 279 g/mol. The van der Waals surface area contributed by atoms with Crippen LogP contribution >= 0.6 is 0 Å². The molecular formula is C15H16F3N3. The summed E-state index contributed by atoms with van der Waals surface area (Å²) in [5.74, 6) is -3.07. The van der Waals surface area contributed by atoms with Gasteiger partial charge in [-0.1, -0.05) is 13.8 Å². The van der Waals surface area contributed by atoms with Gasteiger partial charge in [0.05, 0.1) is 0 Å². The molecule has 0 saturated heterocycles. The Hall–Kier alpha value is -2.11. The van der Waals surface area contributed by atoms with Crippen LogP contribution in [-0.2, 0) is 0 Å². The molecule has 2 aromatic rings. The van der Waals surface area contributed by atoms with E-state index in [1.807, 2.05) is 13.8 Å². The Balaban J connectivity index is 2.63. The fraction of sp³-hybridized carbons (Fsp3) is 0.333. The van der Waals surface area contributed by atoms with E-state index in [0.717, 1.165) is 17.7 Å². The highest BCUT2D eigenvalue weighted by Gasteiger charge is 2.17. The van der Waals surface area contributed by atoms with E-state index in [2.05, 4.69) is 15.3 Å². The number of halogens is 3. The number of hydrogen-bond donors (Lipinski definition) is 1. The van der Waals surface area contributed by atoms with Crippen LogP contribution in [0.15, 0.2) is 12.1 Å². The fourth-order valence-corrected chi connectivity index (χ4v) is 2.28. The summed E-state index contributed by atoms with van der Waals surface area (Å²) in [6, 6.07) is 1.78. The summed E-state index contributed by atoms with van der Waals surface area (Å²) in [7, 11) is 1.71. The van der Waals surface area contributed by atoms with Gasteiger partial charge < -0.3 is 5.32 Å². The minimum atomic E-state index is -1.50. The van der Waals surface area contributed by atoms with E-state index >= 15 is 0 Å². The van der Waals surface area contributed by atoms with Crippen LogP contribution in [0.1, 0.15) is 31.0 Å². The molecule has 1 N–H and O–H groups in total. The van der Waals surface area contributed by atoms with Crippen LogP contribution in [0.4, 0.5) is 19.0 Å². The van der Waals surface area contributed by atoms with Crippen molar-refractivity contribution in [2.24, 2.45) is 0 Å². The zero-order valence-corrected chi connectivity index (χ0v) is 12.3. The first-order valence-corrected chi connectivity index (χ1v) is 6.56. The smallest absolute Gasteiger partial charge is 0.194 e. The zero-order valence-electron chi connectivity index (χ0n) is 12.3. The van der Waals surface area contributed by atoms with Gasteiger partial charge in [-0.05, 0) is 25.0 Å². The number of benzene rings is 1. The third-order valence-corrected chi connectivity index (χ3v) is 3.19. The first-order chi connectivity index (χ1) is 9.85. The van der Waals surface area contributed by atoms with Crippen LogP contribution < -0.4 is 5.32 Å².